The second-order valence-corrected chi connectivity index (χ2v) is 14.6. The SMILES string of the molecule is c1ccc(-n2c3ccccc3c3ccc(-c4ccc5c(c4)c4ccccc4n5-c4cccc(-c5cnc6c7ccccc7c7ccccc7c6n5)c4)cc32)cc1. The lowest BCUT2D eigenvalue weighted by molar-refractivity contribution is 1.18. The predicted octanol–water partition coefficient (Wildman–Crippen LogP) is 13.5. The molecular weight excluding hydrogens is 681 g/mol. The number of benzene rings is 9. The van der Waals surface area contributed by atoms with E-state index in [2.05, 4.69) is 197 Å². The summed E-state index contributed by atoms with van der Waals surface area (Å²) < 4.78 is 4.77. The molecule has 0 unspecified atom stereocenters. The van der Waals surface area contributed by atoms with Gasteiger partial charge in [0.1, 0.15) is 0 Å². The van der Waals surface area contributed by atoms with E-state index in [0.717, 1.165) is 50.0 Å². The van der Waals surface area contributed by atoms with E-state index < -0.39 is 0 Å². The first-order valence-corrected chi connectivity index (χ1v) is 19.1. The highest BCUT2D eigenvalue weighted by molar-refractivity contribution is 6.23. The quantitative estimate of drug-likeness (QED) is 0.170. The maximum absolute atomic E-state index is 5.30. The predicted molar refractivity (Wildman–Crippen MR) is 234 cm³/mol. The van der Waals surface area contributed by atoms with Crippen LogP contribution in [0.5, 0.6) is 0 Å². The number of rotatable bonds is 4. The first-order chi connectivity index (χ1) is 27.8. The summed E-state index contributed by atoms with van der Waals surface area (Å²) in [6, 6.07) is 67.6. The Hall–Kier alpha value is -7.56. The van der Waals surface area contributed by atoms with Crippen LogP contribution in [0.25, 0.3) is 110 Å². The standard InChI is InChI=1S/C52H32N4/c1-2-14-36(15-3-1)55-47-23-10-8-19-40(47)42-27-25-34(31-50(42)55)33-26-28-49-45(30-33)41-20-9-11-24-48(41)56(49)37-16-12-13-35(29-37)46-32-53-51-43-21-6-4-17-38(43)39-18-5-7-22-44(39)52(51)54-46/h1-32H. The molecule has 3 aromatic heterocycles. The highest BCUT2D eigenvalue weighted by Crippen LogP contribution is 2.39. The molecule has 0 saturated carbocycles. The molecule has 12 aromatic rings. The second-order valence-electron chi connectivity index (χ2n) is 14.6. The van der Waals surface area contributed by atoms with Crippen molar-refractivity contribution in [1.82, 2.24) is 19.1 Å². The van der Waals surface area contributed by atoms with E-state index in [0.29, 0.717) is 0 Å². The summed E-state index contributed by atoms with van der Waals surface area (Å²) in [4.78, 5) is 10.4. The third-order valence-electron chi connectivity index (χ3n) is 11.5. The summed E-state index contributed by atoms with van der Waals surface area (Å²) in [6.07, 6.45) is 1.93. The van der Waals surface area contributed by atoms with Crippen LogP contribution in [0.2, 0.25) is 0 Å². The molecule has 260 valence electrons. The van der Waals surface area contributed by atoms with Gasteiger partial charge in [-0.3, -0.25) is 4.98 Å². The van der Waals surface area contributed by atoms with Gasteiger partial charge in [0, 0.05) is 49.3 Å². The number of hydrogen-bond donors (Lipinski definition) is 0. The van der Waals surface area contributed by atoms with E-state index in [1.165, 1.54) is 60.0 Å². The number of nitrogens with zero attached hydrogens (tertiary/aromatic N) is 4. The first kappa shape index (κ1) is 30.9. The van der Waals surface area contributed by atoms with E-state index >= 15 is 0 Å². The normalized spacial score (nSPS) is 11.9. The van der Waals surface area contributed by atoms with Crippen molar-refractivity contribution < 1.29 is 0 Å². The van der Waals surface area contributed by atoms with Crippen molar-refractivity contribution in [2.24, 2.45) is 0 Å². The van der Waals surface area contributed by atoms with Gasteiger partial charge in [0.15, 0.2) is 0 Å². The van der Waals surface area contributed by atoms with Crippen molar-refractivity contribution in [3.8, 4) is 33.8 Å². The molecular formula is C52H32N4. The zero-order valence-corrected chi connectivity index (χ0v) is 30.3. The van der Waals surface area contributed by atoms with Crippen LogP contribution < -0.4 is 0 Å². The molecule has 4 heteroatoms. The molecule has 0 aliphatic carbocycles. The zero-order chi connectivity index (χ0) is 36.7. The van der Waals surface area contributed by atoms with E-state index in [1.807, 2.05) is 6.20 Å². The van der Waals surface area contributed by atoms with Crippen molar-refractivity contribution in [3.63, 3.8) is 0 Å². The minimum absolute atomic E-state index is 0.853. The Balaban J connectivity index is 1.01. The fourth-order valence-corrected chi connectivity index (χ4v) is 9.00. The molecule has 0 aliphatic rings. The van der Waals surface area contributed by atoms with Crippen LogP contribution in [0.4, 0.5) is 0 Å². The minimum atomic E-state index is 0.853. The van der Waals surface area contributed by atoms with Gasteiger partial charge < -0.3 is 9.13 Å². The Morgan fingerprint density at radius 1 is 0.304 bits per heavy atom. The van der Waals surface area contributed by atoms with Gasteiger partial charge in [-0.05, 0) is 76.5 Å². The molecule has 0 bridgehead atoms. The van der Waals surface area contributed by atoms with Gasteiger partial charge in [-0.25, -0.2) is 4.98 Å². The Labute approximate surface area is 322 Å². The van der Waals surface area contributed by atoms with Gasteiger partial charge >= 0.3 is 0 Å². The van der Waals surface area contributed by atoms with Crippen molar-refractivity contribution >= 4 is 76.2 Å². The van der Waals surface area contributed by atoms with Crippen LogP contribution in [0.15, 0.2) is 194 Å². The monoisotopic (exact) mass is 712 g/mol. The third kappa shape index (κ3) is 4.53. The lowest BCUT2D eigenvalue weighted by Crippen LogP contribution is -1.96. The smallest absolute Gasteiger partial charge is 0.0979 e. The molecule has 9 aromatic carbocycles. The van der Waals surface area contributed by atoms with Gasteiger partial charge in [-0.1, -0.05) is 133 Å². The molecule has 0 radical (unpaired) electrons. The Kier molecular flexibility index (Phi) is 6.60. The number of fused-ring (bicyclic) bond motifs is 12. The number of aromatic nitrogens is 4. The highest BCUT2D eigenvalue weighted by Gasteiger charge is 2.17. The van der Waals surface area contributed by atoms with Crippen LogP contribution in [0.1, 0.15) is 0 Å². The molecule has 0 saturated heterocycles. The molecule has 0 atom stereocenters. The third-order valence-corrected chi connectivity index (χ3v) is 11.5. The molecule has 0 aliphatic heterocycles. The van der Waals surface area contributed by atoms with Crippen molar-refractivity contribution in [2.75, 3.05) is 0 Å². The van der Waals surface area contributed by atoms with E-state index in [-0.39, 0.29) is 0 Å². The summed E-state index contributed by atoms with van der Waals surface area (Å²) in [5.41, 5.74) is 13.1. The molecule has 56 heavy (non-hydrogen) atoms. The lowest BCUT2D eigenvalue weighted by Gasteiger charge is -2.12. The van der Waals surface area contributed by atoms with Crippen LogP contribution >= 0.6 is 0 Å². The molecule has 0 amide bonds. The summed E-state index contributed by atoms with van der Waals surface area (Å²) in [7, 11) is 0. The molecule has 3 heterocycles. The number of para-hydroxylation sites is 3. The van der Waals surface area contributed by atoms with Crippen molar-refractivity contribution in [1.29, 1.82) is 0 Å². The van der Waals surface area contributed by atoms with Gasteiger partial charge in [-0.15, -0.1) is 0 Å². The Morgan fingerprint density at radius 3 is 1.59 bits per heavy atom. The van der Waals surface area contributed by atoms with Gasteiger partial charge in [0.05, 0.1) is 45.0 Å². The lowest BCUT2D eigenvalue weighted by atomic mass is 9.99. The topological polar surface area (TPSA) is 35.6 Å². The van der Waals surface area contributed by atoms with E-state index in [1.54, 1.807) is 0 Å². The van der Waals surface area contributed by atoms with E-state index in [4.69, 9.17) is 9.97 Å². The zero-order valence-electron chi connectivity index (χ0n) is 30.3. The summed E-state index contributed by atoms with van der Waals surface area (Å²) in [6.45, 7) is 0. The largest absolute Gasteiger partial charge is 0.309 e. The summed E-state index contributed by atoms with van der Waals surface area (Å²) in [5.74, 6) is 0. The fourth-order valence-electron chi connectivity index (χ4n) is 9.00. The Bertz CT molecular complexity index is 3500. The maximum Gasteiger partial charge on any atom is 0.0979 e. The minimum Gasteiger partial charge on any atom is -0.309 e. The summed E-state index contributed by atoms with van der Waals surface area (Å²) >= 11 is 0. The summed E-state index contributed by atoms with van der Waals surface area (Å²) in [5, 5.41) is 9.58. The van der Waals surface area contributed by atoms with E-state index in [9.17, 15) is 0 Å². The van der Waals surface area contributed by atoms with Crippen LogP contribution in [-0.4, -0.2) is 19.1 Å². The van der Waals surface area contributed by atoms with Crippen LogP contribution in [0.3, 0.4) is 0 Å². The Morgan fingerprint density at radius 2 is 0.839 bits per heavy atom. The van der Waals surface area contributed by atoms with Gasteiger partial charge in [-0.2, -0.15) is 0 Å². The molecule has 4 nitrogen and oxygen atoms in total. The molecule has 0 spiro atoms. The van der Waals surface area contributed by atoms with Crippen molar-refractivity contribution in [2.45, 2.75) is 0 Å². The molecule has 12 rings (SSSR count). The second kappa shape index (κ2) is 12.0. The van der Waals surface area contributed by atoms with Crippen LogP contribution in [-0.2, 0) is 0 Å². The fraction of sp³-hybridized carbons (Fsp3) is 0. The molecule has 0 N–H and O–H groups in total. The average molecular weight is 713 g/mol. The van der Waals surface area contributed by atoms with Gasteiger partial charge in [0.25, 0.3) is 0 Å². The average Bonchev–Trinajstić information content (AvgIpc) is 3.79. The highest BCUT2D eigenvalue weighted by atomic mass is 15.0. The van der Waals surface area contributed by atoms with Crippen LogP contribution in [0, 0.1) is 0 Å². The molecule has 0 fully saturated rings. The van der Waals surface area contributed by atoms with Crippen molar-refractivity contribution in [3.05, 3.63) is 194 Å². The first-order valence-electron chi connectivity index (χ1n) is 19.1. The number of hydrogen-bond acceptors (Lipinski definition) is 2. The van der Waals surface area contributed by atoms with Gasteiger partial charge in [0.2, 0.25) is 0 Å². The maximum atomic E-state index is 5.30.